The van der Waals surface area contributed by atoms with E-state index in [1.54, 1.807) is 0 Å². The number of aliphatic hydroxyl groups excluding tert-OH is 2. The fourth-order valence-corrected chi connectivity index (χ4v) is 0.283. The average molecular weight is 149 g/mol. The second-order valence-electron chi connectivity index (χ2n) is 1.90. The minimum absolute atomic E-state index is 0.139. The molecule has 0 unspecified atom stereocenters. The number of hydrogen-bond acceptors (Lipinski definition) is 3. The zero-order chi connectivity index (χ0) is 8.24. The molecule has 0 aromatic carbocycles. The molecule has 0 aliphatic rings. The van der Waals surface area contributed by atoms with Crippen LogP contribution in [-0.2, 0) is 0 Å². The van der Waals surface area contributed by atoms with Crippen molar-refractivity contribution in [2.75, 3.05) is 26.3 Å². The predicted octanol–water partition coefficient (Wildman–Crippen LogP) is -0.0231. The highest BCUT2D eigenvalue weighted by Crippen LogP contribution is 1.56. The smallest absolute Gasteiger partial charge is 0.0555 e. The summed E-state index contributed by atoms with van der Waals surface area (Å²) in [5.74, 6) is 0. The van der Waals surface area contributed by atoms with Crippen LogP contribution in [0.25, 0.3) is 0 Å². The Morgan fingerprint density at radius 2 is 1.30 bits per heavy atom. The van der Waals surface area contributed by atoms with Gasteiger partial charge in [-0.05, 0) is 0 Å². The summed E-state index contributed by atoms with van der Waals surface area (Å²) < 4.78 is 0. The molecule has 10 heavy (non-hydrogen) atoms. The van der Waals surface area contributed by atoms with Gasteiger partial charge in [-0.1, -0.05) is 20.3 Å². The van der Waals surface area contributed by atoms with E-state index in [-0.39, 0.29) is 13.2 Å². The average Bonchev–Trinajstić information content (AvgIpc) is 1.91. The number of rotatable bonds is 4. The second-order valence-corrected chi connectivity index (χ2v) is 1.90. The van der Waals surface area contributed by atoms with Crippen LogP contribution in [0.5, 0.6) is 0 Å². The normalized spacial score (nSPS) is 8.40. The van der Waals surface area contributed by atoms with Crippen LogP contribution < -0.4 is 5.32 Å². The molecule has 3 N–H and O–H groups in total. The van der Waals surface area contributed by atoms with Crippen molar-refractivity contribution < 1.29 is 10.2 Å². The van der Waals surface area contributed by atoms with E-state index in [1.165, 1.54) is 6.42 Å². The first-order valence-corrected chi connectivity index (χ1v) is 3.75. The molecular formula is C7H19NO2. The van der Waals surface area contributed by atoms with Crippen molar-refractivity contribution in [2.45, 2.75) is 20.3 Å². The minimum Gasteiger partial charge on any atom is -0.395 e. The van der Waals surface area contributed by atoms with Crippen molar-refractivity contribution in [3.05, 3.63) is 0 Å². The van der Waals surface area contributed by atoms with Gasteiger partial charge in [-0.2, -0.15) is 0 Å². The van der Waals surface area contributed by atoms with Gasteiger partial charge in [0.1, 0.15) is 0 Å². The van der Waals surface area contributed by atoms with Crippen LogP contribution in [0.2, 0.25) is 0 Å². The van der Waals surface area contributed by atoms with Crippen LogP contribution in [0.1, 0.15) is 20.3 Å². The van der Waals surface area contributed by atoms with Gasteiger partial charge < -0.3 is 15.5 Å². The summed E-state index contributed by atoms with van der Waals surface area (Å²) in [7, 11) is 0. The zero-order valence-corrected chi connectivity index (χ0v) is 6.93. The topological polar surface area (TPSA) is 52.5 Å². The maximum atomic E-state index is 8.15. The van der Waals surface area contributed by atoms with Gasteiger partial charge in [0.2, 0.25) is 0 Å². The Hall–Kier alpha value is -0.120. The van der Waals surface area contributed by atoms with Gasteiger partial charge >= 0.3 is 0 Å². The lowest BCUT2D eigenvalue weighted by molar-refractivity contribution is 0.267. The first-order valence-electron chi connectivity index (χ1n) is 3.75. The first kappa shape index (κ1) is 12.5. The third kappa shape index (κ3) is 24.8. The molecule has 3 heteroatoms. The van der Waals surface area contributed by atoms with E-state index in [2.05, 4.69) is 19.2 Å². The minimum atomic E-state index is 0.139. The maximum Gasteiger partial charge on any atom is 0.0555 e. The molecule has 0 amide bonds. The Kier molecular flexibility index (Phi) is 20.0. The summed E-state index contributed by atoms with van der Waals surface area (Å²) in [5, 5.41) is 19.1. The molecule has 0 saturated heterocycles. The van der Waals surface area contributed by atoms with E-state index in [1.807, 2.05) is 0 Å². The zero-order valence-electron chi connectivity index (χ0n) is 6.93. The van der Waals surface area contributed by atoms with Crippen LogP contribution in [0, 0.1) is 0 Å². The lowest BCUT2D eigenvalue weighted by Gasteiger charge is -1.94. The predicted molar refractivity (Wildman–Crippen MR) is 43.0 cm³/mol. The fourth-order valence-electron chi connectivity index (χ4n) is 0.283. The molecule has 0 heterocycles. The molecule has 64 valence electrons. The second kappa shape index (κ2) is 15.9. The summed E-state index contributed by atoms with van der Waals surface area (Å²) in [6.07, 6.45) is 1.25. The highest BCUT2D eigenvalue weighted by atomic mass is 16.3. The van der Waals surface area contributed by atoms with Gasteiger partial charge in [-0.25, -0.2) is 0 Å². The Morgan fingerprint density at radius 1 is 1.00 bits per heavy atom. The molecule has 0 atom stereocenters. The molecule has 0 aromatic heterocycles. The van der Waals surface area contributed by atoms with Crippen molar-refractivity contribution in [2.24, 2.45) is 0 Å². The van der Waals surface area contributed by atoms with Crippen molar-refractivity contribution in [3.8, 4) is 0 Å². The molecule has 0 saturated carbocycles. The SMILES string of the molecule is CCC.OCCNCCO. The van der Waals surface area contributed by atoms with E-state index in [4.69, 9.17) is 10.2 Å². The first-order chi connectivity index (χ1) is 4.83. The van der Waals surface area contributed by atoms with Gasteiger partial charge in [0.25, 0.3) is 0 Å². The number of hydrogen-bond donors (Lipinski definition) is 3. The Bertz CT molecular complexity index is 38.6. The van der Waals surface area contributed by atoms with E-state index in [9.17, 15) is 0 Å². The Morgan fingerprint density at radius 3 is 1.50 bits per heavy atom. The van der Waals surface area contributed by atoms with Crippen LogP contribution in [0.4, 0.5) is 0 Å². The van der Waals surface area contributed by atoms with E-state index in [0.717, 1.165) is 0 Å². The molecule has 0 spiro atoms. The molecule has 0 radical (unpaired) electrons. The van der Waals surface area contributed by atoms with Gasteiger partial charge in [0, 0.05) is 13.1 Å². The van der Waals surface area contributed by atoms with Gasteiger partial charge in [-0.3, -0.25) is 0 Å². The van der Waals surface area contributed by atoms with Gasteiger partial charge in [0.15, 0.2) is 0 Å². The van der Waals surface area contributed by atoms with Crippen LogP contribution in [-0.4, -0.2) is 36.5 Å². The summed E-state index contributed by atoms with van der Waals surface area (Å²) in [6.45, 7) is 5.67. The maximum absolute atomic E-state index is 8.15. The molecule has 0 rings (SSSR count). The highest BCUT2D eigenvalue weighted by Gasteiger charge is 1.78. The van der Waals surface area contributed by atoms with Crippen LogP contribution >= 0.6 is 0 Å². The third-order valence-electron chi connectivity index (χ3n) is 0.577. The van der Waals surface area contributed by atoms with Crippen molar-refractivity contribution in [1.82, 2.24) is 5.32 Å². The summed E-state index contributed by atoms with van der Waals surface area (Å²) >= 11 is 0. The lowest BCUT2D eigenvalue weighted by atomic mass is 10.6. The lowest BCUT2D eigenvalue weighted by Crippen LogP contribution is -2.21. The largest absolute Gasteiger partial charge is 0.395 e. The van der Waals surface area contributed by atoms with Crippen LogP contribution in [0.3, 0.4) is 0 Å². The number of nitrogens with one attached hydrogen (secondary N) is 1. The Balaban J connectivity index is 0. The van der Waals surface area contributed by atoms with Crippen molar-refractivity contribution in [3.63, 3.8) is 0 Å². The van der Waals surface area contributed by atoms with Crippen molar-refractivity contribution >= 4 is 0 Å². The monoisotopic (exact) mass is 149 g/mol. The van der Waals surface area contributed by atoms with Crippen molar-refractivity contribution in [1.29, 1.82) is 0 Å². The van der Waals surface area contributed by atoms with Crippen LogP contribution in [0.15, 0.2) is 0 Å². The molecule has 0 aliphatic heterocycles. The van der Waals surface area contributed by atoms with E-state index in [0.29, 0.717) is 13.1 Å². The molecule has 0 aromatic rings. The van der Waals surface area contributed by atoms with E-state index < -0.39 is 0 Å². The van der Waals surface area contributed by atoms with Gasteiger partial charge in [-0.15, -0.1) is 0 Å². The summed E-state index contributed by atoms with van der Waals surface area (Å²) in [4.78, 5) is 0. The van der Waals surface area contributed by atoms with E-state index >= 15 is 0 Å². The van der Waals surface area contributed by atoms with Gasteiger partial charge in [0.05, 0.1) is 13.2 Å². The highest BCUT2D eigenvalue weighted by molar-refractivity contribution is 4.39. The summed E-state index contributed by atoms with van der Waals surface area (Å²) in [6, 6.07) is 0. The summed E-state index contributed by atoms with van der Waals surface area (Å²) in [5.41, 5.74) is 0. The Labute approximate surface area is 63.1 Å². The quantitative estimate of drug-likeness (QED) is 0.492. The standard InChI is InChI=1S/C4H11NO2.C3H8/c6-3-1-5-2-4-7;1-3-2/h5-7H,1-4H2;3H2,1-2H3. The molecule has 0 aliphatic carbocycles. The molecule has 3 nitrogen and oxygen atoms in total. The molecular weight excluding hydrogens is 130 g/mol. The molecule has 0 bridgehead atoms. The third-order valence-corrected chi connectivity index (χ3v) is 0.577. The molecule has 0 fully saturated rings. The fraction of sp³-hybridized carbons (Fsp3) is 1.00. The number of aliphatic hydroxyl groups is 2.